The van der Waals surface area contributed by atoms with Gasteiger partial charge in [0.25, 0.3) is 5.91 Å². The first-order valence-corrected chi connectivity index (χ1v) is 9.52. The number of nitrogens with one attached hydrogen (secondary N) is 3. The smallest absolute Gasteiger partial charge is 0.254 e. The Morgan fingerprint density at radius 2 is 1.67 bits per heavy atom. The van der Waals surface area contributed by atoms with E-state index < -0.39 is 21.7 Å². The van der Waals surface area contributed by atoms with Crippen molar-refractivity contribution in [3.8, 4) is 0 Å². The number of amides is 1. The Labute approximate surface area is 185 Å². The van der Waals surface area contributed by atoms with Crippen molar-refractivity contribution in [2.24, 2.45) is 0 Å². The van der Waals surface area contributed by atoms with Crippen molar-refractivity contribution in [2.75, 3.05) is 5.32 Å². The van der Waals surface area contributed by atoms with E-state index in [4.69, 9.17) is 70.2 Å². The summed E-state index contributed by atoms with van der Waals surface area (Å²) in [5.41, 5.74) is 0.642. The molecule has 2 aromatic carbocycles. The second-order valence-corrected chi connectivity index (χ2v) is 8.80. The third-order valence-corrected chi connectivity index (χ3v) is 4.58. The normalized spacial score (nSPS) is 12.2. The molecule has 0 saturated carbocycles. The van der Waals surface area contributed by atoms with Crippen LogP contribution in [0.3, 0.4) is 0 Å². The molecule has 0 radical (unpaired) electrons. The molecule has 1 amide bonds. The molecule has 11 heteroatoms. The molecular formula is C16H11Cl5FN3OS. The molecule has 0 saturated heterocycles. The van der Waals surface area contributed by atoms with E-state index in [-0.39, 0.29) is 15.7 Å². The maximum absolute atomic E-state index is 13.0. The number of thiocarbonyl (C=S) groups is 1. The molecule has 0 aromatic heterocycles. The minimum absolute atomic E-state index is 0.0421. The average molecular weight is 490 g/mol. The van der Waals surface area contributed by atoms with Gasteiger partial charge in [-0.05, 0) is 54.7 Å². The van der Waals surface area contributed by atoms with Gasteiger partial charge in [0.15, 0.2) is 5.11 Å². The Hall–Kier alpha value is -1.02. The van der Waals surface area contributed by atoms with Crippen molar-refractivity contribution in [1.82, 2.24) is 10.6 Å². The van der Waals surface area contributed by atoms with Crippen LogP contribution in [-0.2, 0) is 0 Å². The summed E-state index contributed by atoms with van der Waals surface area (Å²) in [6, 6.07) is 9.80. The van der Waals surface area contributed by atoms with Gasteiger partial charge in [-0.1, -0.05) is 58.0 Å². The van der Waals surface area contributed by atoms with Gasteiger partial charge < -0.3 is 16.0 Å². The lowest BCUT2D eigenvalue weighted by molar-refractivity contribution is 0.0934. The first-order valence-electron chi connectivity index (χ1n) is 7.22. The molecule has 4 nitrogen and oxygen atoms in total. The predicted octanol–water partition coefficient (Wildman–Crippen LogP) is 5.55. The molecule has 27 heavy (non-hydrogen) atoms. The van der Waals surface area contributed by atoms with E-state index in [9.17, 15) is 9.18 Å². The summed E-state index contributed by atoms with van der Waals surface area (Å²) in [6.45, 7) is 0. The Balaban J connectivity index is 2.09. The fourth-order valence-corrected chi connectivity index (χ4v) is 2.97. The molecule has 0 aliphatic carbocycles. The lowest BCUT2D eigenvalue weighted by Crippen LogP contribution is -2.56. The van der Waals surface area contributed by atoms with Crippen LogP contribution >= 0.6 is 70.2 Å². The topological polar surface area (TPSA) is 53.2 Å². The first kappa shape index (κ1) is 22.3. The molecule has 3 N–H and O–H groups in total. The van der Waals surface area contributed by atoms with Crippen LogP contribution in [-0.4, -0.2) is 21.0 Å². The molecule has 0 fully saturated rings. The molecule has 0 heterocycles. The second kappa shape index (κ2) is 9.45. The Bertz CT molecular complexity index is 845. The molecule has 0 aliphatic heterocycles. The van der Waals surface area contributed by atoms with Crippen LogP contribution in [0.15, 0.2) is 42.5 Å². The minimum Gasteiger partial charge on any atom is -0.339 e. The van der Waals surface area contributed by atoms with Crippen LogP contribution < -0.4 is 16.0 Å². The molecule has 0 aliphatic rings. The number of halogens is 6. The summed E-state index contributed by atoms with van der Waals surface area (Å²) in [6.07, 6.45) is -1.19. The number of hydrogen-bond acceptors (Lipinski definition) is 2. The lowest BCUT2D eigenvalue weighted by Gasteiger charge is -2.28. The van der Waals surface area contributed by atoms with E-state index in [0.29, 0.717) is 10.7 Å². The van der Waals surface area contributed by atoms with Gasteiger partial charge >= 0.3 is 0 Å². The summed E-state index contributed by atoms with van der Waals surface area (Å²) >= 11 is 34.7. The van der Waals surface area contributed by atoms with Crippen LogP contribution in [0.2, 0.25) is 10.0 Å². The van der Waals surface area contributed by atoms with Gasteiger partial charge in [-0.2, -0.15) is 0 Å². The molecule has 2 aromatic rings. The van der Waals surface area contributed by atoms with Crippen molar-refractivity contribution in [3.63, 3.8) is 0 Å². The Morgan fingerprint density at radius 3 is 2.22 bits per heavy atom. The number of benzene rings is 2. The van der Waals surface area contributed by atoms with E-state index in [1.54, 1.807) is 0 Å². The van der Waals surface area contributed by atoms with Gasteiger partial charge in [0.2, 0.25) is 3.79 Å². The molecule has 2 rings (SSSR count). The summed E-state index contributed by atoms with van der Waals surface area (Å²) in [7, 11) is 0. The summed E-state index contributed by atoms with van der Waals surface area (Å²) in [5, 5.41) is 8.52. The predicted molar refractivity (Wildman–Crippen MR) is 114 cm³/mol. The van der Waals surface area contributed by atoms with Crippen LogP contribution in [0.1, 0.15) is 10.4 Å². The number of carbonyl (C=O) groups is 1. The molecule has 0 spiro atoms. The maximum Gasteiger partial charge on any atom is 0.254 e. The van der Waals surface area contributed by atoms with Crippen LogP contribution in [0.25, 0.3) is 0 Å². The zero-order valence-electron chi connectivity index (χ0n) is 13.2. The van der Waals surface area contributed by atoms with E-state index in [1.807, 2.05) is 0 Å². The molecule has 0 unspecified atom stereocenters. The van der Waals surface area contributed by atoms with E-state index in [1.165, 1.54) is 42.5 Å². The molecule has 0 bridgehead atoms. The number of carbonyl (C=O) groups excluding carboxylic acids is 1. The third-order valence-electron chi connectivity index (χ3n) is 3.16. The molecule has 1 atom stereocenters. The van der Waals surface area contributed by atoms with Gasteiger partial charge in [-0.3, -0.25) is 4.79 Å². The highest BCUT2D eigenvalue weighted by molar-refractivity contribution is 7.80. The molecular weight excluding hydrogens is 479 g/mol. The zero-order chi connectivity index (χ0) is 20.2. The van der Waals surface area contributed by atoms with Gasteiger partial charge in [-0.15, -0.1) is 0 Å². The quantitative estimate of drug-likeness (QED) is 0.300. The summed E-state index contributed by atoms with van der Waals surface area (Å²) < 4.78 is 11.0. The highest BCUT2D eigenvalue weighted by Crippen LogP contribution is 2.30. The number of hydrogen-bond donors (Lipinski definition) is 3. The van der Waals surface area contributed by atoms with E-state index >= 15 is 0 Å². The van der Waals surface area contributed by atoms with Crippen molar-refractivity contribution in [1.29, 1.82) is 0 Å². The standard InChI is InChI=1S/C16H11Cl5FN3OS/c17-8-1-6-11(12(18)7-8)13(26)24-14(16(19,20)21)25-15(27)23-10-4-2-9(22)3-5-10/h1-7,14H,(H,24,26)(H2,23,25,27)/t14-/m0/s1. The van der Waals surface area contributed by atoms with Crippen molar-refractivity contribution in [2.45, 2.75) is 9.96 Å². The minimum atomic E-state index is -1.94. The monoisotopic (exact) mass is 487 g/mol. The lowest BCUT2D eigenvalue weighted by atomic mass is 10.2. The fourth-order valence-electron chi connectivity index (χ4n) is 1.91. The second-order valence-electron chi connectivity index (χ2n) is 5.18. The van der Waals surface area contributed by atoms with Crippen molar-refractivity contribution in [3.05, 3.63) is 63.9 Å². The van der Waals surface area contributed by atoms with E-state index in [2.05, 4.69) is 16.0 Å². The van der Waals surface area contributed by atoms with Crippen molar-refractivity contribution < 1.29 is 9.18 Å². The largest absolute Gasteiger partial charge is 0.339 e. The third kappa shape index (κ3) is 6.82. The van der Waals surface area contributed by atoms with Crippen LogP contribution in [0.5, 0.6) is 0 Å². The van der Waals surface area contributed by atoms with Gasteiger partial charge in [0.1, 0.15) is 12.0 Å². The number of anilines is 1. The van der Waals surface area contributed by atoms with E-state index in [0.717, 1.165) is 0 Å². The Kier molecular flexibility index (Phi) is 7.80. The average Bonchev–Trinajstić information content (AvgIpc) is 2.55. The highest BCUT2D eigenvalue weighted by Gasteiger charge is 2.35. The Morgan fingerprint density at radius 1 is 1.04 bits per heavy atom. The van der Waals surface area contributed by atoms with Crippen LogP contribution in [0, 0.1) is 5.82 Å². The molecule has 144 valence electrons. The highest BCUT2D eigenvalue weighted by atomic mass is 35.6. The van der Waals surface area contributed by atoms with Gasteiger partial charge in [0, 0.05) is 10.7 Å². The summed E-state index contributed by atoms with van der Waals surface area (Å²) in [4.78, 5) is 12.5. The van der Waals surface area contributed by atoms with Gasteiger partial charge in [0.05, 0.1) is 10.6 Å². The number of alkyl halides is 3. The van der Waals surface area contributed by atoms with Gasteiger partial charge in [-0.25, -0.2) is 4.39 Å². The number of rotatable bonds is 4. The first-order chi connectivity index (χ1) is 12.6. The summed E-state index contributed by atoms with van der Waals surface area (Å²) in [5.74, 6) is -1.00. The van der Waals surface area contributed by atoms with Crippen molar-refractivity contribution >= 4 is 86.9 Å². The fraction of sp³-hybridized carbons (Fsp3) is 0.125. The SMILES string of the molecule is O=C(N[C@@H](NC(=S)Nc1ccc(F)cc1)C(Cl)(Cl)Cl)c1ccc(Cl)cc1Cl. The maximum atomic E-state index is 13.0. The van der Waals surface area contributed by atoms with Crippen LogP contribution in [0.4, 0.5) is 10.1 Å². The zero-order valence-corrected chi connectivity index (χ0v) is 17.8.